The van der Waals surface area contributed by atoms with Gasteiger partial charge in [-0.2, -0.15) is 0 Å². The third-order valence-corrected chi connectivity index (χ3v) is 17.8. The standard InChI is InChI=1S/C42H70N2O7/c1-25-21-27(35(46)38(4,5)48)50-34-33(25)39(6)15-16-42-24-41(42)14-11-30(37(2,3)28(41)9-10-29(42)40(39,7)36(34)47)51-32-23-44(19-20-49-32)31(45)22-26-12-17-43(8)18-13-26/h25-30,32-36,46-48H,9-24H2,1-8H3/t25-,27?,28+,29?,30?,32?,33?,34?,35?,36+,39?,40-,41?,42?/m1/s1. The molecule has 51 heavy (non-hydrogen) atoms. The van der Waals surface area contributed by atoms with E-state index in [1.165, 1.54) is 12.8 Å². The monoisotopic (exact) mass is 715 g/mol. The minimum absolute atomic E-state index is 0.0154. The third kappa shape index (κ3) is 5.34. The summed E-state index contributed by atoms with van der Waals surface area (Å²) in [7, 11) is 2.17. The van der Waals surface area contributed by atoms with Crippen LogP contribution in [-0.2, 0) is 19.0 Å². The molecule has 14 atom stereocenters. The molecule has 3 saturated heterocycles. The van der Waals surface area contributed by atoms with E-state index in [-0.39, 0.29) is 57.4 Å². The lowest BCUT2D eigenvalue weighted by molar-refractivity contribution is -0.248. The summed E-state index contributed by atoms with van der Waals surface area (Å²) in [5.41, 5.74) is -1.06. The van der Waals surface area contributed by atoms with Crippen LogP contribution < -0.4 is 0 Å². The number of amides is 1. The molecule has 3 heterocycles. The molecule has 0 aromatic carbocycles. The highest BCUT2D eigenvalue weighted by Crippen LogP contribution is 2.89. The van der Waals surface area contributed by atoms with E-state index in [1.807, 2.05) is 4.90 Å². The van der Waals surface area contributed by atoms with Gasteiger partial charge in [-0.05, 0) is 149 Å². The van der Waals surface area contributed by atoms with E-state index in [0.29, 0.717) is 56.2 Å². The fraction of sp³-hybridized carbons (Fsp3) is 0.976. The van der Waals surface area contributed by atoms with Crippen LogP contribution in [0.15, 0.2) is 0 Å². The number of carbonyl (C=O) groups is 1. The number of rotatable bonds is 6. The predicted octanol–water partition coefficient (Wildman–Crippen LogP) is 5.23. The van der Waals surface area contributed by atoms with Crippen LogP contribution in [0.1, 0.15) is 119 Å². The van der Waals surface area contributed by atoms with Crippen LogP contribution in [0.4, 0.5) is 0 Å². The smallest absolute Gasteiger partial charge is 0.223 e. The molecule has 10 unspecified atom stereocenters. The van der Waals surface area contributed by atoms with Gasteiger partial charge in [0.05, 0.1) is 43.2 Å². The summed E-state index contributed by atoms with van der Waals surface area (Å²) in [6.45, 7) is 19.2. The molecule has 8 fully saturated rings. The minimum atomic E-state index is -1.26. The van der Waals surface area contributed by atoms with E-state index in [9.17, 15) is 20.1 Å². The van der Waals surface area contributed by atoms with E-state index in [1.54, 1.807) is 13.8 Å². The number of ether oxygens (including phenoxy) is 3. The fourth-order valence-electron chi connectivity index (χ4n) is 15.0. The van der Waals surface area contributed by atoms with E-state index in [4.69, 9.17) is 14.2 Å². The van der Waals surface area contributed by atoms with Crippen LogP contribution in [0.5, 0.6) is 0 Å². The highest BCUT2D eigenvalue weighted by molar-refractivity contribution is 5.76. The number of carbonyl (C=O) groups excluding carboxylic acids is 1. The van der Waals surface area contributed by atoms with Crippen molar-refractivity contribution in [2.24, 2.45) is 56.7 Å². The van der Waals surface area contributed by atoms with Crippen LogP contribution in [0, 0.1) is 56.7 Å². The van der Waals surface area contributed by atoms with E-state index < -0.39 is 23.9 Å². The average molecular weight is 715 g/mol. The molecule has 2 spiro atoms. The summed E-state index contributed by atoms with van der Waals surface area (Å²) in [5, 5.41) is 34.2. The van der Waals surface area contributed by atoms with Crippen LogP contribution in [0.2, 0.25) is 0 Å². The van der Waals surface area contributed by atoms with Crippen molar-refractivity contribution in [3.8, 4) is 0 Å². The van der Waals surface area contributed by atoms with Crippen LogP contribution in [0.3, 0.4) is 0 Å². The molecule has 0 bridgehead atoms. The quantitative estimate of drug-likeness (QED) is 0.343. The Morgan fingerprint density at radius 3 is 2.37 bits per heavy atom. The Balaban J connectivity index is 0.963. The van der Waals surface area contributed by atoms with Crippen molar-refractivity contribution in [1.82, 2.24) is 9.80 Å². The summed E-state index contributed by atoms with van der Waals surface area (Å²) in [5.74, 6) is 2.27. The second-order valence-electron chi connectivity index (χ2n) is 20.9. The Morgan fingerprint density at radius 2 is 1.67 bits per heavy atom. The first-order valence-electron chi connectivity index (χ1n) is 20.9. The van der Waals surface area contributed by atoms with Crippen molar-refractivity contribution in [2.45, 2.75) is 162 Å². The number of aliphatic hydroxyl groups is 3. The van der Waals surface area contributed by atoms with Gasteiger partial charge in [0.1, 0.15) is 6.10 Å². The Morgan fingerprint density at radius 1 is 0.980 bits per heavy atom. The normalized spacial score (nSPS) is 50.3. The average Bonchev–Trinajstić information content (AvgIpc) is 3.71. The first-order valence-corrected chi connectivity index (χ1v) is 20.9. The first kappa shape index (κ1) is 37.1. The van der Waals surface area contributed by atoms with Crippen molar-refractivity contribution in [3.63, 3.8) is 0 Å². The Bertz CT molecular complexity index is 1340. The van der Waals surface area contributed by atoms with Gasteiger partial charge in [0, 0.05) is 18.4 Å². The Labute approximate surface area is 307 Å². The van der Waals surface area contributed by atoms with Gasteiger partial charge in [-0.3, -0.25) is 4.79 Å². The van der Waals surface area contributed by atoms with Gasteiger partial charge in [0.25, 0.3) is 0 Å². The van der Waals surface area contributed by atoms with Gasteiger partial charge in [-0.25, -0.2) is 0 Å². The summed E-state index contributed by atoms with van der Waals surface area (Å²) in [6.07, 6.45) is 8.94. The van der Waals surface area contributed by atoms with E-state index in [0.717, 1.165) is 58.0 Å². The molecule has 1 amide bonds. The molecule has 9 heteroatoms. The number of nitrogens with zero attached hydrogens (tertiary/aromatic N) is 2. The molecular formula is C42H70N2O7. The number of fused-ring (bicyclic) bond motifs is 4. The van der Waals surface area contributed by atoms with Crippen molar-refractivity contribution in [1.29, 1.82) is 0 Å². The second-order valence-corrected chi connectivity index (χ2v) is 20.9. The van der Waals surface area contributed by atoms with Gasteiger partial charge in [-0.15, -0.1) is 0 Å². The molecule has 8 rings (SSSR count). The number of morpholine rings is 1. The number of piperidine rings is 1. The predicted molar refractivity (Wildman–Crippen MR) is 194 cm³/mol. The maximum absolute atomic E-state index is 13.4. The lowest BCUT2D eigenvalue weighted by atomic mass is 9.41. The molecule has 3 N–H and O–H groups in total. The largest absolute Gasteiger partial charge is 0.390 e. The summed E-state index contributed by atoms with van der Waals surface area (Å²) in [4.78, 5) is 17.7. The molecular weight excluding hydrogens is 644 g/mol. The zero-order valence-corrected chi connectivity index (χ0v) is 33.0. The fourth-order valence-corrected chi connectivity index (χ4v) is 15.0. The highest BCUT2D eigenvalue weighted by atomic mass is 16.7. The molecule has 0 radical (unpaired) electrons. The van der Waals surface area contributed by atoms with Gasteiger partial charge < -0.3 is 39.3 Å². The second kappa shape index (κ2) is 12.3. The zero-order valence-electron chi connectivity index (χ0n) is 33.0. The Hall–Kier alpha value is -0.810. The third-order valence-electron chi connectivity index (χ3n) is 17.8. The molecule has 0 aromatic rings. The lowest BCUT2D eigenvalue weighted by Gasteiger charge is -2.64. The SMILES string of the molecule is C[C@@H]1CC(C(O)C(C)(C)O)OC2C1C1(C)CCC34CC35CCC(OC3CN(C(=O)CC6CCN(C)CC6)CCO3)C(C)(C)[C@@H]5CCC4[C@]1(C)[C@H]2O. The Kier molecular flexibility index (Phi) is 8.99. The molecule has 9 nitrogen and oxygen atoms in total. The zero-order chi connectivity index (χ0) is 36.5. The lowest BCUT2D eigenvalue weighted by Crippen LogP contribution is -2.60. The topological polar surface area (TPSA) is 112 Å². The molecule has 3 aliphatic heterocycles. The molecule has 0 aromatic heterocycles. The van der Waals surface area contributed by atoms with Crippen molar-refractivity contribution >= 4 is 5.91 Å². The van der Waals surface area contributed by atoms with Gasteiger partial charge in [-0.1, -0.05) is 34.6 Å². The van der Waals surface area contributed by atoms with Crippen molar-refractivity contribution < 1.29 is 34.3 Å². The van der Waals surface area contributed by atoms with Crippen molar-refractivity contribution in [3.05, 3.63) is 0 Å². The molecule has 5 saturated carbocycles. The highest BCUT2D eigenvalue weighted by Gasteiger charge is 2.84. The van der Waals surface area contributed by atoms with E-state index in [2.05, 4.69) is 46.6 Å². The number of hydrogen-bond donors (Lipinski definition) is 3. The van der Waals surface area contributed by atoms with Crippen LogP contribution in [-0.4, -0.2) is 113 Å². The first-order chi connectivity index (χ1) is 23.9. The van der Waals surface area contributed by atoms with Gasteiger partial charge >= 0.3 is 0 Å². The van der Waals surface area contributed by atoms with Gasteiger partial charge in [0.2, 0.25) is 5.91 Å². The summed E-state index contributed by atoms with van der Waals surface area (Å²) < 4.78 is 19.8. The summed E-state index contributed by atoms with van der Waals surface area (Å²) >= 11 is 0. The molecule has 8 aliphatic rings. The van der Waals surface area contributed by atoms with Crippen LogP contribution in [0.25, 0.3) is 0 Å². The molecule has 5 aliphatic carbocycles. The minimum Gasteiger partial charge on any atom is -0.390 e. The maximum Gasteiger partial charge on any atom is 0.223 e. The van der Waals surface area contributed by atoms with Crippen molar-refractivity contribution in [2.75, 3.05) is 39.8 Å². The van der Waals surface area contributed by atoms with Gasteiger partial charge in [0.15, 0.2) is 6.29 Å². The molecule has 290 valence electrons. The summed E-state index contributed by atoms with van der Waals surface area (Å²) in [6, 6.07) is 0. The maximum atomic E-state index is 13.4. The van der Waals surface area contributed by atoms with E-state index >= 15 is 0 Å². The van der Waals surface area contributed by atoms with Crippen LogP contribution >= 0.6 is 0 Å². The number of likely N-dealkylation sites (tertiary alicyclic amines) is 1. The number of aliphatic hydroxyl groups excluding tert-OH is 2. The number of hydrogen-bond acceptors (Lipinski definition) is 8.